The number of hydrogen-bond donors (Lipinski definition) is 2. The third-order valence-corrected chi connectivity index (χ3v) is 3.86. The molecule has 0 unspecified atom stereocenters. The van der Waals surface area contributed by atoms with Crippen LogP contribution in [-0.2, 0) is 6.18 Å². The van der Waals surface area contributed by atoms with Crippen LogP contribution in [0.2, 0.25) is 0 Å². The molecule has 5 nitrogen and oxygen atoms in total. The van der Waals surface area contributed by atoms with Crippen LogP contribution in [0.25, 0.3) is 0 Å². The summed E-state index contributed by atoms with van der Waals surface area (Å²) in [6.45, 7) is 5.70. The van der Waals surface area contributed by atoms with Gasteiger partial charge in [0.05, 0.1) is 6.10 Å². The number of aromatic nitrogens is 2. The van der Waals surface area contributed by atoms with Gasteiger partial charge >= 0.3 is 6.18 Å². The van der Waals surface area contributed by atoms with E-state index in [-0.39, 0.29) is 17.9 Å². The molecule has 0 spiro atoms. The molecule has 0 aliphatic heterocycles. The third kappa shape index (κ3) is 5.60. The quantitative estimate of drug-likeness (QED) is 0.523. The number of halogens is 3. The van der Waals surface area contributed by atoms with Crippen molar-refractivity contribution in [3.8, 4) is 5.75 Å². The molecule has 2 aromatic carbocycles. The zero-order valence-electron chi connectivity index (χ0n) is 16.2. The molecule has 0 radical (unpaired) electrons. The zero-order valence-corrected chi connectivity index (χ0v) is 16.2. The predicted molar refractivity (Wildman–Crippen MR) is 107 cm³/mol. The van der Waals surface area contributed by atoms with Gasteiger partial charge in [-0.3, -0.25) is 0 Å². The van der Waals surface area contributed by atoms with E-state index in [1.165, 1.54) is 0 Å². The maximum atomic E-state index is 13.4. The SMILES string of the molecule is Cc1cccc(Nc2ncc(C(F)(F)F)c(Nc3ccc(OC(C)C)cc3)n2)c1. The Morgan fingerprint density at radius 1 is 0.966 bits per heavy atom. The Balaban J connectivity index is 1.88. The first-order valence-corrected chi connectivity index (χ1v) is 9.02. The number of anilines is 4. The molecule has 0 saturated carbocycles. The van der Waals surface area contributed by atoms with Gasteiger partial charge in [-0.1, -0.05) is 12.1 Å². The highest BCUT2D eigenvalue weighted by atomic mass is 19.4. The first kappa shape index (κ1) is 20.4. The van der Waals surface area contributed by atoms with Gasteiger partial charge in [-0.25, -0.2) is 4.98 Å². The number of nitrogens with zero attached hydrogens (tertiary/aromatic N) is 2. The molecule has 0 fully saturated rings. The average molecular weight is 402 g/mol. The number of alkyl halides is 3. The van der Waals surface area contributed by atoms with Crippen molar-refractivity contribution in [2.45, 2.75) is 33.1 Å². The van der Waals surface area contributed by atoms with Crippen molar-refractivity contribution >= 4 is 23.1 Å². The minimum absolute atomic E-state index is 0.00256. The number of ether oxygens (including phenoxy) is 1. The van der Waals surface area contributed by atoms with E-state index in [9.17, 15) is 13.2 Å². The van der Waals surface area contributed by atoms with E-state index in [4.69, 9.17) is 4.74 Å². The summed E-state index contributed by atoms with van der Waals surface area (Å²) >= 11 is 0. The Labute approximate surface area is 167 Å². The lowest BCUT2D eigenvalue weighted by Crippen LogP contribution is -2.12. The summed E-state index contributed by atoms with van der Waals surface area (Å²) in [6, 6.07) is 14.0. The normalized spacial score (nSPS) is 11.4. The molecule has 3 rings (SSSR count). The molecule has 1 aromatic heterocycles. The molecule has 152 valence electrons. The Hall–Kier alpha value is -3.29. The molecule has 0 aliphatic rings. The van der Waals surface area contributed by atoms with E-state index in [0.29, 0.717) is 17.1 Å². The number of nitrogens with one attached hydrogen (secondary N) is 2. The summed E-state index contributed by atoms with van der Waals surface area (Å²) in [5.41, 5.74) is 1.19. The highest BCUT2D eigenvalue weighted by molar-refractivity contribution is 5.63. The molecule has 3 aromatic rings. The monoisotopic (exact) mass is 402 g/mol. The van der Waals surface area contributed by atoms with Crippen molar-refractivity contribution in [2.75, 3.05) is 10.6 Å². The van der Waals surface area contributed by atoms with E-state index in [1.807, 2.05) is 39.0 Å². The van der Waals surface area contributed by atoms with E-state index >= 15 is 0 Å². The van der Waals surface area contributed by atoms with Gasteiger partial charge in [-0.2, -0.15) is 18.2 Å². The summed E-state index contributed by atoms with van der Waals surface area (Å²) in [7, 11) is 0. The molecule has 0 aliphatic carbocycles. The van der Waals surface area contributed by atoms with Gasteiger partial charge in [0.15, 0.2) is 0 Å². The van der Waals surface area contributed by atoms with Crippen LogP contribution in [0.3, 0.4) is 0 Å². The van der Waals surface area contributed by atoms with Gasteiger partial charge in [0, 0.05) is 17.6 Å². The highest BCUT2D eigenvalue weighted by Gasteiger charge is 2.35. The number of hydrogen-bond acceptors (Lipinski definition) is 5. The molecule has 29 heavy (non-hydrogen) atoms. The van der Waals surface area contributed by atoms with Crippen molar-refractivity contribution in [3.05, 3.63) is 65.9 Å². The fourth-order valence-corrected chi connectivity index (χ4v) is 2.62. The Kier molecular flexibility index (Phi) is 5.91. The lowest BCUT2D eigenvalue weighted by atomic mass is 10.2. The van der Waals surface area contributed by atoms with Crippen LogP contribution in [-0.4, -0.2) is 16.1 Å². The molecular formula is C21H21F3N4O. The smallest absolute Gasteiger partial charge is 0.421 e. The Morgan fingerprint density at radius 3 is 2.31 bits per heavy atom. The van der Waals surface area contributed by atoms with Crippen molar-refractivity contribution < 1.29 is 17.9 Å². The highest BCUT2D eigenvalue weighted by Crippen LogP contribution is 2.35. The molecular weight excluding hydrogens is 381 g/mol. The van der Waals surface area contributed by atoms with Gasteiger partial charge < -0.3 is 15.4 Å². The third-order valence-electron chi connectivity index (χ3n) is 3.86. The lowest BCUT2D eigenvalue weighted by molar-refractivity contribution is -0.137. The summed E-state index contributed by atoms with van der Waals surface area (Å²) in [5.74, 6) is 0.358. The maximum Gasteiger partial charge on any atom is 0.421 e. The average Bonchev–Trinajstić information content (AvgIpc) is 2.62. The minimum Gasteiger partial charge on any atom is -0.491 e. The molecule has 1 heterocycles. The number of aryl methyl sites for hydroxylation is 1. The van der Waals surface area contributed by atoms with Crippen LogP contribution < -0.4 is 15.4 Å². The van der Waals surface area contributed by atoms with Crippen LogP contribution in [0.5, 0.6) is 5.75 Å². The topological polar surface area (TPSA) is 59.1 Å². The summed E-state index contributed by atoms with van der Waals surface area (Å²) in [4.78, 5) is 7.86. The second-order valence-electron chi connectivity index (χ2n) is 6.76. The molecule has 0 bridgehead atoms. The second-order valence-corrected chi connectivity index (χ2v) is 6.76. The molecule has 0 saturated heterocycles. The largest absolute Gasteiger partial charge is 0.491 e. The summed E-state index contributed by atoms with van der Waals surface area (Å²) < 4.78 is 45.8. The van der Waals surface area contributed by atoms with Crippen molar-refractivity contribution in [1.29, 1.82) is 0 Å². The lowest BCUT2D eigenvalue weighted by Gasteiger charge is -2.15. The second kappa shape index (κ2) is 8.38. The van der Waals surface area contributed by atoms with Crippen LogP contribution in [0.1, 0.15) is 25.0 Å². The minimum atomic E-state index is -4.59. The van der Waals surface area contributed by atoms with Crippen LogP contribution in [0.15, 0.2) is 54.7 Å². The van der Waals surface area contributed by atoms with Crippen molar-refractivity contribution in [3.63, 3.8) is 0 Å². The van der Waals surface area contributed by atoms with Crippen molar-refractivity contribution in [1.82, 2.24) is 9.97 Å². The molecule has 2 N–H and O–H groups in total. The standard InChI is InChI=1S/C21H21F3N4O/c1-13(2)29-17-9-7-15(8-10-17)26-19-18(21(22,23)24)12-25-20(28-19)27-16-6-4-5-14(3)11-16/h4-13H,1-3H3,(H2,25,26,27,28). The Bertz CT molecular complexity index is 972. The summed E-state index contributed by atoms with van der Waals surface area (Å²) in [5, 5.41) is 5.66. The first-order valence-electron chi connectivity index (χ1n) is 9.02. The van der Waals surface area contributed by atoms with E-state index < -0.39 is 11.7 Å². The van der Waals surface area contributed by atoms with E-state index in [1.54, 1.807) is 30.3 Å². The number of rotatable bonds is 6. The number of benzene rings is 2. The summed E-state index contributed by atoms with van der Waals surface area (Å²) in [6.07, 6.45) is -3.82. The van der Waals surface area contributed by atoms with Gasteiger partial charge in [0.25, 0.3) is 0 Å². The maximum absolute atomic E-state index is 13.4. The van der Waals surface area contributed by atoms with Gasteiger partial charge in [-0.05, 0) is 62.7 Å². The van der Waals surface area contributed by atoms with Crippen molar-refractivity contribution in [2.24, 2.45) is 0 Å². The van der Waals surface area contributed by atoms with E-state index in [0.717, 1.165) is 11.8 Å². The predicted octanol–water partition coefficient (Wildman–Crippen LogP) is 6.08. The zero-order chi connectivity index (χ0) is 21.0. The van der Waals surface area contributed by atoms with E-state index in [2.05, 4.69) is 20.6 Å². The van der Waals surface area contributed by atoms with Crippen LogP contribution >= 0.6 is 0 Å². The molecule has 8 heteroatoms. The Morgan fingerprint density at radius 2 is 1.69 bits per heavy atom. The fraction of sp³-hybridized carbons (Fsp3) is 0.238. The molecule has 0 atom stereocenters. The van der Waals surface area contributed by atoms with Crippen LogP contribution in [0, 0.1) is 6.92 Å². The fourth-order valence-electron chi connectivity index (χ4n) is 2.62. The van der Waals surface area contributed by atoms with Crippen LogP contribution in [0.4, 0.5) is 36.3 Å². The van der Waals surface area contributed by atoms with Gasteiger partial charge in [0.2, 0.25) is 5.95 Å². The first-order chi connectivity index (χ1) is 13.7. The molecule has 0 amide bonds. The van der Waals surface area contributed by atoms with Gasteiger partial charge in [-0.15, -0.1) is 0 Å². The van der Waals surface area contributed by atoms with Gasteiger partial charge in [0.1, 0.15) is 17.1 Å².